The van der Waals surface area contributed by atoms with Gasteiger partial charge < -0.3 is 4.90 Å². The van der Waals surface area contributed by atoms with E-state index < -0.39 is 0 Å². The minimum absolute atomic E-state index is 0.0930. The summed E-state index contributed by atoms with van der Waals surface area (Å²) in [6.45, 7) is 14.3. The van der Waals surface area contributed by atoms with Crippen LogP contribution in [0, 0.1) is 5.92 Å². The minimum Gasteiger partial charge on any atom is -0.339 e. The number of hydrogen-bond donors (Lipinski definition) is 0. The molecule has 1 amide bonds. The number of nitrogens with zero attached hydrogens (tertiary/aromatic N) is 1. The molecule has 24 heavy (non-hydrogen) atoms. The summed E-state index contributed by atoms with van der Waals surface area (Å²) in [7, 11) is 0. The van der Waals surface area contributed by atoms with Gasteiger partial charge in [0.2, 0.25) is 5.91 Å². The maximum atomic E-state index is 12.2. The fourth-order valence-corrected chi connectivity index (χ4v) is 3.62. The number of rotatable bonds is 4. The van der Waals surface area contributed by atoms with Crippen LogP contribution >= 0.6 is 11.6 Å². The third-order valence-electron chi connectivity index (χ3n) is 5.02. The van der Waals surface area contributed by atoms with Gasteiger partial charge in [0.1, 0.15) is 0 Å². The highest BCUT2D eigenvalue weighted by atomic mass is 35.5. The smallest absolute Gasteiger partial charge is 0.249 e. The molecule has 0 N–H and O–H groups in total. The van der Waals surface area contributed by atoms with Crippen LogP contribution in [0.3, 0.4) is 0 Å². The number of carbonyl (C=O) groups is 1. The summed E-state index contributed by atoms with van der Waals surface area (Å²) in [5.41, 5.74) is 3.55. The van der Waals surface area contributed by atoms with Gasteiger partial charge in [-0.15, -0.1) is 0 Å². The van der Waals surface area contributed by atoms with Crippen molar-refractivity contribution in [2.75, 3.05) is 13.1 Å². The molecule has 1 heterocycles. The van der Waals surface area contributed by atoms with E-state index in [1.165, 1.54) is 11.1 Å². The van der Waals surface area contributed by atoms with Crippen LogP contribution in [0.2, 0.25) is 5.02 Å². The van der Waals surface area contributed by atoms with Crippen LogP contribution < -0.4 is 0 Å². The van der Waals surface area contributed by atoms with Crippen molar-refractivity contribution in [3.8, 4) is 0 Å². The van der Waals surface area contributed by atoms with Crippen LogP contribution in [-0.4, -0.2) is 23.9 Å². The maximum absolute atomic E-state index is 12.2. The highest BCUT2D eigenvalue weighted by Crippen LogP contribution is 2.32. The molecule has 0 radical (unpaired) electrons. The Kier molecular flexibility index (Phi) is 6.14. The predicted molar refractivity (Wildman–Crippen MR) is 103 cm³/mol. The molecule has 2 rings (SSSR count). The molecule has 1 saturated heterocycles. The van der Waals surface area contributed by atoms with E-state index in [1.54, 1.807) is 0 Å². The lowest BCUT2D eigenvalue weighted by molar-refractivity contribution is -0.128. The lowest BCUT2D eigenvalue weighted by atomic mass is 9.80. The van der Waals surface area contributed by atoms with E-state index in [1.807, 2.05) is 17.9 Å². The van der Waals surface area contributed by atoms with Gasteiger partial charge in [0.05, 0.1) is 0 Å². The van der Waals surface area contributed by atoms with Gasteiger partial charge in [-0.25, -0.2) is 0 Å². The zero-order valence-corrected chi connectivity index (χ0v) is 16.2. The lowest BCUT2D eigenvalue weighted by Gasteiger charge is -2.33. The number of halogens is 1. The van der Waals surface area contributed by atoms with Crippen molar-refractivity contribution in [1.29, 1.82) is 0 Å². The average molecular weight is 348 g/mol. The Hall–Kier alpha value is -1.28. The number of likely N-dealkylation sites (tertiary alicyclic amines) is 1. The largest absolute Gasteiger partial charge is 0.339 e. The number of benzene rings is 1. The van der Waals surface area contributed by atoms with Crippen LogP contribution in [-0.2, 0) is 16.6 Å². The summed E-state index contributed by atoms with van der Waals surface area (Å²) in [6, 6.07) is 6.29. The summed E-state index contributed by atoms with van der Waals surface area (Å²) < 4.78 is 0. The van der Waals surface area contributed by atoms with Gasteiger partial charge >= 0.3 is 0 Å². The predicted octanol–water partition coefficient (Wildman–Crippen LogP) is 5.38. The molecule has 0 spiro atoms. The summed E-state index contributed by atoms with van der Waals surface area (Å²) in [6.07, 6.45) is 3.93. The van der Waals surface area contributed by atoms with E-state index in [-0.39, 0.29) is 11.3 Å². The standard InChI is InChI=1S/C21H30ClNO/c1-6-15(2)20(24)23-11-9-16(10-12-23)13-17-7-8-18(22)14-19(17)21(3,4)5/h7-8,14,16H,2,6,9-13H2,1,3-5H3. The van der Waals surface area contributed by atoms with Crippen molar-refractivity contribution < 1.29 is 4.79 Å². The van der Waals surface area contributed by atoms with Crippen molar-refractivity contribution in [3.63, 3.8) is 0 Å². The maximum Gasteiger partial charge on any atom is 0.249 e. The first-order valence-electron chi connectivity index (χ1n) is 8.98. The second-order valence-electron chi connectivity index (χ2n) is 7.95. The Bertz CT molecular complexity index is 607. The molecular formula is C21H30ClNO. The van der Waals surface area contributed by atoms with E-state index in [2.05, 4.69) is 39.5 Å². The number of hydrogen-bond acceptors (Lipinski definition) is 1. The van der Waals surface area contributed by atoms with Gasteiger partial charge in [-0.2, -0.15) is 0 Å². The molecule has 2 nitrogen and oxygen atoms in total. The summed E-state index contributed by atoms with van der Waals surface area (Å²) in [5, 5.41) is 0.808. The Balaban J connectivity index is 2.02. The molecule has 1 aromatic carbocycles. The fourth-order valence-electron chi connectivity index (χ4n) is 3.45. The first kappa shape index (κ1) is 19.1. The van der Waals surface area contributed by atoms with Crippen LogP contribution in [0.25, 0.3) is 0 Å². The summed E-state index contributed by atoms with van der Waals surface area (Å²) in [5.74, 6) is 0.768. The lowest BCUT2D eigenvalue weighted by Crippen LogP contribution is -2.39. The second-order valence-corrected chi connectivity index (χ2v) is 8.38. The molecular weight excluding hydrogens is 318 g/mol. The Morgan fingerprint density at radius 2 is 1.92 bits per heavy atom. The summed E-state index contributed by atoms with van der Waals surface area (Å²) in [4.78, 5) is 14.2. The topological polar surface area (TPSA) is 20.3 Å². The molecule has 0 atom stereocenters. The molecule has 1 aliphatic rings. The quantitative estimate of drug-likeness (QED) is 0.669. The SMILES string of the molecule is C=C(CC)C(=O)N1CCC(Cc2ccc(Cl)cc2C(C)(C)C)CC1. The van der Waals surface area contributed by atoms with Crippen LogP contribution in [0.15, 0.2) is 30.4 Å². The molecule has 0 saturated carbocycles. The average Bonchev–Trinajstić information content (AvgIpc) is 2.55. The third kappa shape index (κ3) is 4.63. The molecule has 0 aromatic heterocycles. The third-order valence-corrected chi connectivity index (χ3v) is 5.25. The van der Waals surface area contributed by atoms with E-state index in [0.29, 0.717) is 5.92 Å². The van der Waals surface area contributed by atoms with Crippen molar-refractivity contribution >= 4 is 17.5 Å². The Morgan fingerprint density at radius 3 is 2.46 bits per heavy atom. The van der Waals surface area contributed by atoms with Gasteiger partial charge in [-0.3, -0.25) is 4.79 Å². The Morgan fingerprint density at radius 1 is 1.29 bits per heavy atom. The van der Waals surface area contributed by atoms with Gasteiger partial charge in [-0.05, 0) is 60.3 Å². The molecule has 1 aromatic rings. The van der Waals surface area contributed by atoms with Crippen molar-refractivity contribution in [2.45, 2.75) is 58.8 Å². The van der Waals surface area contributed by atoms with E-state index in [9.17, 15) is 4.79 Å². The molecule has 132 valence electrons. The zero-order chi connectivity index (χ0) is 17.9. The molecule has 1 fully saturated rings. The second kappa shape index (κ2) is 7.74. The molecule has 0 bridgehead atoms. The minimum atomic E-state index is 0.0930. The monoisotopic (exact) mass is 347 g/mol. The van der Waals surface area contributed by atoms with Crippen molar-refractivity contribution in [2.24, 2.45) is 5.92 Å². The first-order chi connectivity index (χ1) is 11.2. The zero-order valence-electron chi connectivity index (χ0n) is 15.5. The van der Waals surface area contributed by atoms with Crippen molar-refractivity contribution in [1.82, 2.24) is 4.90 Å². The van der Waals surface area contributed by atoms with Gasteiger partial charge in [0, 0.05) is 23.7 Å². The first-order valence-corrected chi connectivity index (χ1v) is 9.36. The summed E-state index contributed by atoms with van der Waals surface area (Å²) >= 11 is 6.21. The highest BCUT2D eigenvalue weighted by molar-refractivity contribution is 6.30. The van der Waals surface area contributed by atoms with E-state index in [4.69, 9.17) is 11.6 Å². The van der Waals surface area contributed by atoms with Gasteiger partial charge in [-0.1, -0.05) is 51.9 Å². The molecule has 3 heteroatoms. The molecule has 0 unspecified atom stereocenters. The van der Waals surface area contributed by atoms with Crippen LogP contribution in [0.4, 0.5) is 0 Å². The molecule has 1 aliphatic heterocycles. The van der Waals surface area contributed by atoms with Crippen molar-refractivity contribution in [3.05, 3.63) is 46.5 Å². The van der Waals surface area contributed by atoms with E-state index >= 15 is 0 Å². The van der Waals surface area contributed by atoms with E-state index in [0.717, 1.165) is 49.4 Å². The number of amides is 1. The number of carbonyl (C=O) groups excluding carboxylic acids is 1. The van der Waals surface area contributed by atoms with Crippen LogP contribution in [0.5, 0.6) is 0 Å². The normalized spacial score (nSPS) is 16.3. The highest BCUT2D eigenvalue weighted by Gasteiger charge is 2.26. The molecule has 0 aliphatic carbocycles. The fraction of sp³-hybridized carbons (Fsp3) is 0.571. The van der Waals surface area contributed by atoms with Gasteiger partial charge in [0.25, 0.3) is 0 Å². The van der Waals surface area contributed by atoms with Crippen LogP contribution in [0.1, 0.15) is 58.1 Å². The van der Waals surface area contributed by atoms with Gasteiger partial charge in [0.15, 0.2) is 0 Å². The Labute approximate surface area is 151 Å². The number of piperidine rings is 1.